The fourth-order valence-corrected chi connectivity index (χ4v) is 1.66. The molecule has 0 bridgehead atoms. The van der Waals surface area contributed by atoms with Gasteiger partial charge in [-0.2, -0.15) is 13.2 Å². The van der Waals surface area contributed by atoms with Gasteiger partial charge in [-0.3, -0.25) is 4.79 Å². The SMILES string of the molecule is CSc1ccc(C(C)NC(=O)C(F)(F)F)cc1. The molecule has 0 radical (unpaired) electrons. The minimum absolute atomic E-state index is 0.639. The zero-order valence-corrected chi connectivity index (χ0v) is 10.2. The van der Waals surface area contributed by atoms with E-state index in [0.29, 0.717) is 5.56 Å². The molecule has 94 valence electrons. The first-order valence-electron chi connectivity index (χ1n) is 4.86. The second-order valence-corrected chi connectivity index (χ2v) is 4.35. The van der Waals surface area contributed by atoms with Crippen LogP contribution in [0.1, 0.15) is 18.5 Å². The van der Waals surface area contributed by atoms with Gasteiger partial charge in [-0.05, 0) is 30.9 Å². The number of carbonyl (C=O) groups is 1. The van der Waals surface area contributed by atoms with Gasteiger partial charge < -0.3 is 5.32 Å². The average Bonchev–Trinajstić information content (AvgIpc) is 2.27. The van der Waals surface area contributed by atoms with Gasteiger partial charge in [0.25, 0.3) is 0 Å². The number of alkyl halides is 3. The van der Waals surface area contributed by atoms with Crippen molar-refractivity contribution in [2.45, 2.75) is 24.0 Å². The van der Waals surface area contributed by atoms with E-state index in [1.807, 2.05) is 11.6 Å². The van der Waals surface area contributed by atoms with E-state index in [1.165, 1.54) is 6.92 Å². The van der Waals surface area contributed by atoms with Gasteiger partial charge in [0.15, 0.2) is 0 Å². The molecule has 0 heterocycles. The van der Waals surface area contributed by atoms with Crippen LogP contribution >= 0.6 is 11.8 Å². The lowest BCUT2D eigenvalue weighted by molar-refractivity contribution is -0.174. The molecule has 0 aliphatic rings. The molecule has 1 rings (SSSR count). The molecule has 0 aliphatic heterocycles. The average molecular weight is 263 g/mol. The van der Waals surface area contributed by atoms with Crippen molar-refractivity contribution < 1.29 is 18.0 Å². The first-order valence-corrected chi connectivity index (χ1v) is 6.08. The Balaban J connectivity index is 2.70. The Labute approximate surface area is 102 Å². The molecule has 0 aromatic heterocycles. The van der Waals surface area contributed by atoms with Crippen LogP contribution in [0.2, 0.25) is 0 Å². The standard InChI is InChI=1S/C11H12F3NOS/c1-7(15-10(16)11(12,13)14)8-3-5-9(17-2)6-4-8/h3-7H,1-2H3,(H,15,16). The van der Waals surface area contributed by atoms with Crippen molar-refractivity contribution in [2.75, 3.05) is 6.26 Å². The lowest BCUT2D eigenvalue weighted by Crippen LogP contribution is -2.38. The Morgan fingerprint density at radius 3 is 2.24 bits per heavy atom. The topological polar surface area (TPSA) is 29.1 Å². The lowest BCUT2D eigenvalue weighted by Gasteiger charge is -2.15. The Bertz CT molecular complexity index is 389. The monoisotopic (exact) mass is 263 g/mol. The van der Waals surface area contributed by atoms with Crippen LogP contribution in [0.3, 0.4) is 0 Å². The highest BCUT2D eigenvalue weighted by atomic mass is 32.2. The summed E-state index contributed by atoms with van der Waals surface area (Å²) in [6.07, 6.45) is -2.93. The van der Waals surface area contributed by atoms with E-state index < -0.39 is 18.1 Å². The minimum Gasteiger partial charge on any atom is -0.342 e. The summed E-state index contributed by atoms with van der Waals surface area (Å²) < 4.78 is 36.1. The molecule has 6 heteroatoms. The van der Waals surface area contributed by atoms with Crippen LogP contribution in [0.15, 0.2) is 29.2 Å². The summed E-state index contributed by atoms with van der Waals surface area (Å²) in [5.74, 6) is -1.92. The smallest absolute Gasteiger partial charge is 0.342 e. The number of nitrogens with one attached hydrogen (secondary N) is 1. The van der Waals surface area contributed by atoms with Gasteiger partial charge in [0, 0.05) is 4.90 Å². The summed E-state index contributed by atoms with van der Waals surface area (Å²) in [6, 6.07) is 6.34. The molecule has 1 aromatic carbocycles. The molecule has 0 spiro atoms. The van der Waals surface area contributed by atoms with Crippen LogP contribution in [-0.2, 0) is 4.79 Å². The van der Waals surface area contributed by atoms with E-state index in [1.54, 1.807) is 36.0 Å². The maximum absolute atomic E-state index is 12.0. The van der Waals surface area contributed by atoms with Crippen molar-refractivity contribution in [3.8, 4) is 0 Å². The molecule has 2 nitrogen and oxygen atoms in total. The predicted molar refractivity (Wildman–Crippen MR) is 60.8 cm³/mol. The van der Waals surface area contributed by atoms with Crippen LogP contribution in [0.5, 0.6) is 0 Å². The number of amides is 1. The molecule has 0 saturated heterocycles. The Kier molecular flexibility index (Phi) is 4.45. The third-order valence-electron chi connectivity index (χ3n) is 2.22. The Morgan fingerprint density at radius 1 is 1.29 bits per heavy atom. The fraction of sp³-hybridized carbons (Fsp3) is 0.364. The number of benzene rings is 1. The number of carbonyl (C=O) groups excluding carboxylic acids is 1. The lowest BCUT2D eigenvalue weighted by atomic mass is 10.1. The van der Waals surface area contributed by atoms with Crippen molar-refractivity contribution in [3.05, 3.63) is 29.8 Å². The van der Waals surface area contributed by atoms with E-state index in [0.717, 1.165) is 4.90 Å². The largest absolute Gasteiger partial charge is 0.471 e. The first-order chi connectivity index (χ1) is 7.84. The number of hydrogen-bond acceptors (Lipinski definition) is 2. The molecule has 1 unspecified atom stereocenters. The van der Waals surface area contributed by atoms with Crippen LogP contribution in [-0.4, -0.2) is 18.3 Å². The molecule has 0 fully saturated rings. The zero-order valence-electron chi connectivity index (χ0n) is 9.34. The van der Waals surface area contributed by atoms with E-state index in [2.05, 4.69) is 0 Å². The molecular weight excluding hydrogens is 251 g/mol. The quantitative estimate of drug-likeness (QED) is 0.849. The van der Waals surface area contributed by atoms with Gasteiger partial charge in [0.05, 0.1) is 6.04 Å². The molecule has 1 amide bonds. The van der Waals surface area contributed by atoms with Crippen LogP contribution in [0.25, 0.3) is 0 Å². The summed E-state index contributed by atoms with van der Waals surface area (Å²) in [5, 5.41) is 1.90. The van der Waals surface area contributed by atoms with Crippen molar-refractivity contribution in [1.82, 2.24) is 5.32 Å². The maximum atomic E-state index is 12.0. The van der Waals surface area contributed by atoms with E-state index in [-0.39, 0.29) is 0 Å². The summed E-state index contributed by atoms with van der Waals surface area (Å²) in [6.45, 7) is 1.51. The van der Waals surface area contributed by atoms with Crippen LogP contribution in [0.4, 0.5) is 13.2 Å². The number of halogens is 3. The molecule has 0 aliphatic carbocycles. The summed E-state index contributed by atoms with van der Waals surface area (Å²) in [5.41, 5.74) is 0.639. The van der Waals surface area contributed by atoms with Gasteiger partial charge in [-0.15, -0.1) is 11.8 Å². The molecule has 1 aromatic rings. The van der Waals surface area contributed by atoms with E-state index in [4.69, 9.17) is 0 Å². The molecule has 1 N–H and O–H groups in total. The van der Waals surface area contributed by atoms with Gasteiger partial charge in [-0.1, -0.05) is 12.1 Å². The van der Waals surface area contributed by atoms with Crippen molar-refractivity contribution in [2.24, 2.45) is 0 Å². The summed E-state index contributed by atoms with van der Waals surface area (Å²) >= 11 is 1.54. The summed E-state index contributed by atoms with van der Waals surface area (Å²) in [7, 11) is 0. The maximum Gasteiger partial charge on any atom is 0.471 e. The Hall–Kier alpha value is -1.17. The molecule has 0 saturated carbocycles. The zero-order chi connectivity index (χ0) is 13.1. The third-order valence-corrected chi connectivity index (χ3v) is 2.96. The molecular formula is C11H12F3NOS. The van der Waals surface area contributed by atoms with Crippen LogP contribution in [0, 0.1) is 0 Å². The second-order valence-electron chi connectivity index (χ2n) is 3.47. The van der Waals surface area contributed by atoms with Crippen molar-refractivity contribution in [1.29, 1.82) is 0 Å². The van der Waals surface area contributed by atoms with E-state index in [9.17, 15) is 18.0 Å². The highest BCUT2D eigenvalue weighted by Gasteiger charge is 2.39. The van der Waals surface area contributed by atoms with Crippen LogP contribution < -0.4 is 5.32 Å². The van der Waals surface area contributed by atoms with Crippen molar-refractivity contribution >= 4 is 17.7 Å². The first kappa shape index (κ1) is 13.9. The molecule has 17 heavy (non-hydrogen) atoms. The number of hydrogen-bond donors (Lipinski definition) is 1. The van der Waals surface area contributed by atoms with Gasteiger partial charge in [0.1, 0.15) is 0 Å². The predicted octanol–water partition coefficient (Wildman–Crippen LogP) is 3.15. The number of thioether (sulfide) groups is 1. The summed E-state index contributed by atoms with van der Waals surface area (Å²) in [4.78, 5) is 11.7. The van der Waals surface area contributed by atoms with Gasteiger partial charge >= 0.3 is 12.1 Å². The van der Waals surface area contributed by atoms with Gasteiger partial charge in [-0.25, -0.2) is 0 Å². The highest BCUT2D eigenvalue weighted by molar-refractivity contribution is 7.98. The fourth-order valence-electron chi connectivity index (χ4n) is 1.25. The van der Waals surface area contributed by atoms with Crippen molar-refractivity contribution in [3.63, 3.8) is 0 Å². The Morgan fingerprint density at radius 2 is 1.82 bits per heavy atom. The van der Waals surface area contributed by atoms with Gasteiger partial charge in [0.2, 0.25) is 0 Å². The molecule has 1 atom stereocenters. The normalized spacial score (nSPS) is 13.2. The second kappa shape index (κ2) is 5.44. The minimum atomic E-state index is -4.84. The number of rotatable bonds is 3. The highest BCUT2D eigenvalue weighted by Crippen LogP contribution is 2.21. The third kappa shape index (κ3) is 3.96. The van der Waals surface area contributed by atoms with E-state index >= 15 is 0 Å².